The average Bonchev–Trinajstić information content (AvgIpc) is 2.52. The van der Waals surface area contributed by atoms with Gasteiger partial charge in [-0.05, 0) is 50.3 Å². The van der Waals surface area contributed by atoms with Crippen LogP contribution < -0.4 is 5.73 Å². The van der Waals surface area contributed by atoms with Crippen molar-refractivity contribution >= 4 is 0 Å². The molecule has 0 aliphatic heterocycles. The van der Waals surface area contributed by atoms with E-state index in [-0.39, 0.29) is 0 Å². The summed E-state index contributed by atoms with van der Waals surface area (Å²) >= 11 is 0. The van der Waals surface area contributed by atoms with Crippen molar-refractivity contribution < 1.29 is 4.74 Å². The normalized spacial score (nSPS) is 26.9. The maximum absolute atomic E-state index is 5.99. The SMILES string of the molecule is COCCN(C)C1CC(c2ccccc2)CCC1CN. The van der Waals surface area contributed by atoms with Crippen LogP contribution in [0, 0.1) is 5.92 Å². The monoisotopic (exact) mass is 276 g/mol. The van der Waals surface area contributed by atoms with Gasteiger partial charge in [0, 0.05) is 19.7 Å². The molecule has 3 atom stereocenters. The molecule has 0 spiro atoms. The summed E-state index contributed by atoms with van der Waals surface area (Å²) < 4.78 is 5.21. The zero-order valence-electron chi connectivity index (χ0n) is 12.8. The lowest BCUT2D eigenvalue weighted by Crippen LogP contribution is -2.45. The second kappa shape index (κ2) is 7.77. The zero-order chi connectivity index (χ0) is 14.4. The van der Waals surface area contributed by atoms with Crippen LogP contribution in [0.1, 0.15) is 30.7 Å². The summed E-state index contributed by atoms with van der Waals surface area (Å²) in [5, 5.41) is 0. The Morgan fingerprint density at radius 2 is 2.00 bits per heavy atom. The van der Waals surface area contributed by atoms with E-state index in [9.17, 15) is 0 Å². The number of hydrogen-bond donors (Lipinski definition) is 1. The molecule has 1 aromatic carbocycles. The standard InChI is InChI=1S/C17H28N2O/c1-19(10-11-20-2)17-12-15(8-9-16(17)13-18)14-6-4-3-5-7-14/h3-7,15-17H,8-13,18H2,1-2H3. The lowest BCUT2D eigenvalue weighted by molar-refractivity contribution is 0.0877. The molecule has 20 heavy (non-hydrogen) atoms. The highest BCUT2D eigenvalue weighted by molar-refractivity contribution is 5.20. The molecule has 1 fully saturated rings. The minimum absolute atomic E-state index is 0.578. The fraction of sp³-hybridized carbons (Fsp3) is 0.647. The molecule has 0 radical (unpaired) electrons. The number of rotatable bonds is 6. The van der Waals surface area contributed by atoms with Crippen LogP contribution in [-0.4, -0.2) is 44.8 Å². The van der Waals surface area contributed by atoms with Gasteiger partial charge in [-0.1, -0.05) is 30.3 Å². The Hall–Kier alpha value is -0.900. The molecule has 3 nitrogen and oxygen atoms in total. The highest BCUT2D eigenvalue weighted by Crippen LogP contribution is 2.37. The van der Waals surface area contributed by atoms with Crippen LogP contribution >= 0.6 is 0 Å². The second-order valence-electron chi connectivity index (χ2n) is 5.96. The van der Waals surface area contributed by atoms with E-state index < -0.39 is 0 Å². The molecule has 2 N–H and O–H groups in total. The molecule has 0 amide bonds. The third-order valence-electron chi connectivity index (χ3n) is 4.74. The quantitative estimate of drug-likeness (QED) is 0.867. The van der Waals surface area contributed by atoms with Crippen LogP contribution in [0.2, 0.25) is 0 Å². The first-order chi connectivity index (χ1) is 9.76. The van der Waals surface area contributed by atoms with Gasteiger partial charge in [-0.25, -0.2) is 0 Å². The molecule has 1 aliphatic rings. The third kappa shape index (κ3) is 3.81. The van der Waals surface area contributed by atoms with Gasteiger partial charge in [0.25, 0.3) is 0 Å². The molecule has 0 heterocycles. The van der Waals surface area contributed by atoms with Crippen molar-refractivity contribution in [1.82, 2.24) is 4.90 Å². The van der Waals surface area contributed by atoms with Gasteiger partial charge in [0.15, 0.2) is 0 Å². The predicted octanol–water partition coefficient (Wildman–Crippen LogP) is 2.48. The minimum Gasteiger partial charge on any atom is -0.383 e. The fourth-order valence-corrected chi connectivity index (χ4v) is 3.45. The molecule has 0 saturated heterocycles. The largest absolute Gasteiger partial charge is 0.383 e. The van der Waals surface area contributed by atoms with E-state index in [0.29, 0.717) is 17.9 Å². The smallest absolute Gasteiger partial charge is 0.0589 e. The van der Waals surface area contributed by atoms with Crippen molar-refractivity contribution in [3.8, 4) is 0 Å². The predicted molar refractivity (Wildman–Crippen MR) is 83.9 cm³/mol. The number of likely N-dealkylation sites (N-methyl/N-ethyl adjacent to an activating group) is 1. The molecule has 3 unspecified atom stereocenters. The van der Waals surface area contributed by atoms with Crippen LogP contribution in [0.25, 0.3) is 0 Å². The van der Waals surface area contributed by atoms with Gasteiger partial charge in [0.05, 0.1) is 6.61 Å². The van der Waals surface area contributed by atoms with Gasteiger partial charge >= 0.3 is 0 Å². The van der Waals surface area contributed by atoms with Crippen LogP contribution in [0.15, 0.2) is 30.3 Å². The van der Waals surface area contributed by atoms with Crippen LogP contribution in [0.5, 0.6) is 0 Å². The number of hydrogen-bond acceptors (Lipinski definition) is 3. The summed E-state index contributed by atoms with van der Waals surface area (Å²) in [7, 11) is 3.97. The molecule has 0 bridgehead atoms. The van der Waals surface area contributed by atoms with Gasteiger partial charge in [-0.15, -0.1) is 0 Å². The second-order valence-corrected chi connectivity index (χ2v) is 5.96. The summed E-state index contributed by atoms with van der Waals surface area (Å²) in [6.45, 7) is 2.57. The molecule has 1 saturated carbocycles. The Labute approximate surface area is 123 Å². The van der Waals surface area contributed by atoms with Crippen molar-refractivity contribution in [2.45, 2.75) is 31.2 Å². The maximum atomic E-state index is 5.99. The molecule has 112 valence electrons. The lowest BCUT2D eigenvalue weighted by Gasteiger charge is -2.41. The van der Waals surface area contributed by atoms with Gasteiger partial charge in [-0.2, -0.15) is 0 Å². The zero-order valence-corrected chi connectivity index (χ0v) is 12.8. The van der Waals surface area contributed by atoms with Gasteiger partial charge in [0.2, 0.25) is 0 Å². The summed E-state index contributed by atoms with van der Waals surface area (Å²) in [5.41, 5.74) is 7.47. The minimum atomic E-state index is 0.578. The van der Waals surface area contributed by atoms with Crippen molar-refractivity contribution in [3.05, 3.63) is 35.9 Å². The number of benzene rings is 1. The number of methoxy groups -OCH3 is 1. The Balaban J connectivity index is 2.03. The Bertz CT molecular complexity index is 382. The van der Waals surface area contributed by atoms with Gasteiger partial charge in [0.1, 0.15) is 0 Å². The molecule has 1 aliphatic carbocycles. The van der Waals surface area contributed by atoms with E-state index in [1.807, 2.05) is 0 Å². The van der Waals surface area contributed by atoms with Crippen LogP contribution in [0.3, 0.4) is 0 Å². The Morgan fingerprint density at radius 1 is 1.25 bits per heavy atom. The van der Waals surface area contributed by atoms with Gasteiger partial charge < -0.3 is 15.4 Å². The molecular formula is C17H28N2O. The van der Waals surface area contributed by atoms with Crippen LogP contribution in [0.4, 0.5) is 0 Å². The molecule has 2 rings (SSSR count). The topological polar surface area (TPSA) is 38.5 Å². The lowest BCUT2D eigenvalue weighted by atomic mass is 9.75. The molecule has 3 heteroatoms. The van der Waals surface area contributed by atoms with E-state index in [1.54, 1.807) is 7.11 Å². The highest BCUT2D eigenvalue weighted by atomic mass is 16.5. The van der Waals surface area contributed by atoms with E-state index in [1.165, 1.54) is 24.8 Å². The summed E-state index contributed by atoms with van der Waals surface area (Å²) in [6.07, 6.45) is 3.71. The van der Waals surface area contributed by atoms with Crippen molar-refractivity contribution in [2.24, 2.45) is 11.7 Å². The van der Waals surface area contributed by atoms with Crippen LogP contribution in [-0.2, 0) is 4.74 Å². The van der Waals surface area contributed by atoms with Gasteiger partial charge in [-0.3, -0.25) is 0 Å². The number of nitrogens with two attached hydrogens (primary N) is 1. The first kappa shape index (κ1) is 15.5. The first-order valence-corrected chi connectivity index (χ1v) is 7.70. The first-order valence-electron chi connectivity index (χ1n) is 7.70. The Morgan fingerprint density at radius 3 is 2.65 bits per heavy atom. The average molecular weight is 276 g/mol. The van der Waals surface area contributed by atoms with E-state index in [0.717, 1.165) is 19.7 Å². The molecular weight excluding hydrogens is 248 g/mol. The number of ether oxygens (including phenoxy) is 1. The third-order valence-corrected chi connectivity index (χ3v) is 4.74. The fourth-order valence-electron chi connectivity index (χ4n) is 3.45. The van der Waals surface area contributed by atoms with Crippen molar-refractivity contribution in [2.75, 3.05) is 33.9 Å². The van der Waals surface area contributed by atoms with E-state index in [4.69, 9.17) is 10.5 Å². The van der Waals surface area contributed by atoms with Crippen molar-refractivity contribution in [3.63, 3.8) is 0 Å². The molecule has 0 aromatic heterocycles. The number of nitrogens with zero attached hydrogens (tertiary/aromatic N) is 1. The Kier molecular flexibility index (Phi) is 6.02. The summed E-state index contributed by atoms with van der Waals surface area (Å²) in [6, 6.07) is 11.5. The summed E-state index contributed by atoms with van der Waals surface area (Å²) in [4.78, 5) is 2.44. The highest BCUT2D eigenvalue weighted by Gasteiger charge is 2.32. The van der Waals surface area contributed by atoms with Crippen molar-refractivity contribution in [1.29, 1.82) is 0 Å². The maximum Gasteiger partial charge on any atom is 0.0589 e. The van der Waals surface area contributed by atoms with E-state index >= 15 is 0 Å². The van der Waals surface area contributed by atoms with E-state index in [2.05, 4.69) is 42.3 Å². The summed E-state index contributed by atoms with van der Waals surface area (Å²) in [5.74, 6) is 1.30. The molecule has 1 aromatic rings.